The van der Waals surface area contributed by atoms with E-state index in [1.807, 2.05) is 38.1 Å². The number of benzene rings is 1. The molecule has 7 heteroatoms. The van der Waals surface area contributed by atoms with Crippen molar-refractivity contribution >= 4 is 16.9 Å². The first-order valence-corrected chi connectivity index (χ1v) is 8.47. The van der Waals surface area contributed by atoms with Crippen molar-refractivity contribution in [2.75, 3.05) is 19.7 Å². The number of rotatable bonds is 3. The number of hydrogen-bond donors (Lipinski definition) is 1. The molecule has 1 aromatic carbocycles. The third-order valence-electron chi connectivity index (χ3n) is 4.46. The van der Waals surface area contributed by atoms with Gasteiger partial charge in [-0.2, -0.15) is 5.10 Å². The van der Waals surface area contributed by atoms with Crippen molar-refractivity contribution in [3.8, 4) is 0 Å². The van der Waals surface area contributed by atoms with Crippen molar-refractivity contribution in [3.05, 3.63) is 47.2 Å². The number of furan rings is 1. The lowest BCUT2D eigenvalue weighted by molar-refractivity contribution is -0.0266. The van der Waals surface area contributed by atoms with Gasteiger partial charge in [-0.05, 0) is 13.0 Å². The predicted octanol–water partition coefficient (Wildman–Crippen LogP) is 2.64. The summed E-state index contributed by atoms with van der Waals surface area (Å²) in [5.41, 5.74) is 1.40. The highest BCUT2D eigenvalue weighted by atomic mass is 16.5. The molecule has 25 heavy (non-hydrogen) atoms. The monoisotopic (exact) mass is 340 g/mol. The number of hydrogen-bond acceptors (Lipinski definition) is 5. The fourth-order valence-electron chi connectivity index (χ4n) is 3.23. The smallest absolute Gasteiger partial charge is 0.258 e. The highest BCUT2D eigenvalue weighted by Crippen LogP contribution is 2.29. The van der Waals surface area contributed by atoms with E-state index in [2.05, 4.69) is 15.2 Å². The van der Waals surface area contributed by atoms with Crippen molar-refractivity contribution in [1.29, 1.82) is 0 Å². The summed E-state index contributed by atoms with van der Waals surface area (Å²) in [6, 6.07) is 7.66. The zero-order chi connectivity index (χ0) is 17.4. The van der Waals surface area contributed by atoms with Gasteiger partial charge >= 0.3 is 0 Å². The van der Waals surface area contributed by atoms with Gasteiger partial charge in [0, 0.05) is 18.4 Å². The molecule has 130 valence electrons. The van der Waals surface area contributed by atoms with Crippen molar-refractivity contribution in [2.45, 2.75) is 26.4 Å². The van der Waals surface area contributed by atoms with Crippen LogP contribution in [0.25, 0.3) is 11.0 Å². The minimum Gasteiger partial charge on any atom is -0.460 e. The summed E-state index contributed by atoms with van der Waals surface area (Å²) in [5, 5.41) is 7.84. The molecule has 0 radical (unpaired) electrons. The number of ether oxygens (including phenoxy) is 1. The molecule has 3 heterocycles. The van der Waals surface area contributed by atoms with Gasteiger partial charge in [-0.15, -0.1) is 0 Å². The molecule has 0 bridgehead atoms. The Morgan fingerprint density at radius 3 is 3.00 bits per heavy atom. The zero-order valence-electron chi connectivity index (χ0n) is 14.3. The number of nitrogens with one attached hydrogen (secondary N) is 1. The normalized spacial score (nSPS) is 18.0. The second-order valence-corrected chi connectivity index (χ2v) is 6.14. The summed E-state index contributed by atoms with van der Waals surface area (Å²) >= 11 is 0. The topological polar surface area (TPSA) is 84.3 Å². The molecule has 1 unspecified atom stereocenters. The molecular formula is C18H20N4O3. The van der Waals surface area contributed by atoms with Gasteiger partial charge in [0.25, 0.3) is 5.91 Å². The molecular weight excluding hydrogens is 320 g/mol. The molecule has 1 saturated heterocycles. The fourth-order valence-corrected chi connectivity index (χ4v) is 3.23. The Morgan fingerprint density at radius 1 is 1.40 bits per heavy atom. The quantitative estimate of drug-likeness (QED) is 0.792. The molecule has 7 nitrogen and oxygen atoms in total. The number of carbonyl (C=O) groups is 1. The van der Waals surface area contributed by atoms with Gasteiger partial charge in [-0.1, -0.05) is 25.1 Å². The number of H-pyrrole nitrogens is 1. The van der Waals surface area contributed by atoms with E-state index in [1.54, 1.807) is 4.90 Å². The maximum absolute atomic E-state index is 13.2. The maximum Gasteiger partial charge on any atom is 0.258 e. The molecule has 1 atom stereocenters. The molecule has 0 spiro atoms. The highest BCUT2D eigenvalue weighted by Gasteiger charge is 2.31. The van der Waals surface area contributed by atoms with Gasteiger partial charge in [0.2, 0.25) is 0 Å². The first-order chi connectivity index (χ1) is 12.2. The van der Waals surface area contributed by atoms with Crippen LogP contribution in [0, 0.1) is 6.92 Å². The van der Waals surface area contributed by atoms with Crippen molar-refractivity contribution < 1.29 is 13.9 Å². The Bertz CT molecular complexity index is 914. The molecule has 4 rings (SSSR count). The average Bonchev–Trinajstić information content (AvgIpc) is 3.24. The van der Waals surface area contributed by atoms with Gasteiger partial charge in [-0.3, -0.25) is 9.89 Å². The van der Waals surface area contributed by atoms with Gasteiger partial charge in [0.05, 0.1) is 18.7 Å². The molecule has 1 aliphatic rings. The van der Waals surface area contributed by atoms with Gasteiger partial charge in [-0.25, -0.2) is 4.98 Å². The number of para-hydroxylation sites is 1. The van der Waals surface area contributed by atoms with Crippen molar-refractivity contribution in [1.82, 2.24) is 20.1 Å². The molecule has 3 aromatic rings. The number of fused-ring (bicyclic) bond motifs is 1. The van der Waals surface area contributed by atoms with Crippen LogP contribution in [-0.4, -0.2) is 45.7 Å². The summed E-state index contributed by atoms with van der Waals surface area (Å²) in [6.45, 7) is 5.27. The summed E-state index contributed by atoms with van der Waals surface area (Å²) in [5.74, 6) is 2.02. The number of aromatic amines is 1. The lowest BCUT2D eigenvalue weighted by atomic mass is 10.1. The maximum atomic E-state index is 13.2. The van der Waals surface area contributed by atoms with Crippen LogP contribution in [0.4, 0.5) is 0 Å². The zero-order valence-corrected chi connectivity index (χ0v) is 14.3. The molecule has 1 fully saturated rings. The second kappa shape index (κ2) is 6.33. The SMILES string of the molecule is CCc1oc2ccccc2c1C(=O)N1CCOC(c2n[nH]c(C)n2)C1. The second-order valence-electron chi connectivity index (χ2n) is 6.14. The largest absolute Gasteiger partial charge is 0.460 e. The summed E-state index contributed by atoms with van der Waals surface area (Å²) in [7, 11) is 0. The Morgan fingerprint density at radius 2 is 2.24 bits per heavy atom. The fraction of sp³-hybridized carbons (Fsp3) is 0.389. The number of amides is 1. The van der Waals surface area contributed by atoms with E-state index in [9.17, 15) is 4.79 Å². The average molecular weight is 340 g/mol. The number of morpholine rings is 1. The Hall–Kier alpha value is -2.67. The summed E-state index contributed by atoms with van der Waals surface area (Å²) in [6.07, 6.45) is 0.356. The van der Waals surface area contributed by atoms with Gasteiger partial charge < -0.3 is 14.1 Å². The molecule has 0 aliphatic carbocycles. The lowest BCUT2D eigenvalue weighted by Gasteiger charge is -2.31. The van der Waals surface area contributed by atoms with Crippen molar-refractivity contribution in [3.63, 3.8) is 0 Å². The molecule has 0 saturated carbocycles. The van der Waals surface area contributed by atoms with Crippen LogP contribution in [0.3, 0.4) is 0 Å². The van der Waals surface area contributed by atoms with Crippen LogP contribution < -0.4 is 0 Å². The lowest BCUT2D eigenvalue weighted by Crippen LogP contribution is -2.42. The highest BCUT2D eigenvalue weighted by molar-refractivity contribution is 6.07. The van der Waals surface area contributed by atoms with E-state index in [-0.39, 0.29) is 12.0 Å². The van der Waals surface area contributed by atoms with Crippen LogP contribution in [0.5, 0.6) is 0 Å². The first-order valence-electron chi connectivity index (χ1n) is 8.47. The van der Waals surface area contributed by atoms with Crippen LogP contribution in [0.1, 0.15) is 40.8 Å². The third-order valence-corrected chi connectivity index (χ3v) is 4.46. The van der Waals surface area contributed by atoms with Gasteiger partial charge in [0.1, 0.15) is 23.3 Å². The molecule has 1 N–H and O–H groups in total. The van der Waals surface area contributed by atoms with Crippen LogP contribution in [0.15, 0.2) is 28.7 Å². The first kappa shape index (κ1) is 15.8. The summed E-state index contributed by atoms with van der Waals surface area (Å²) < 4.78 is 11.6. The number of nitrogens with zero attached hydrogens (tertiary/aromatic N) is 3. The van der Waals surface area contributed by atoms with Crippen LogP contribution >= 0.6 is 0 Å². The van der Waals surface area contributed by atoms with E-state index >= 15 is 0 Å². The van der Waals surface area contributed by atoms with E-state index in [1.165, 1.54) is 0 Å². The van der Waals surface area contributed by atoms with E-state index in [4.69, 9.17) is 9.15 Å². The van der Waals surface area contributed by atoms with Crippen LogP contribution in [-0.2, 0) is 11.2 Å². The number of aromatic nitrogens is 3. The van der Waals surface area contributed by atoms with E-state index in [0.717, 1.165) is 22.6 Å². The minimum atomic E-state index is -0.314. The Labute approximate surface area is 145 Å². The molecule has 1 amide bonds. The Balaban J connectivity index is 1.64. The molecule has 2 aromatic heterocycles. The van der Waals surface area contributed by atoms with E-state index in [0.29, 0.717) is 37.5 Å². The number of aryl methyl sites for hydroxylation is 2. The van der Waals surface area contributed by atoms with Crippen molar-refractivity contribution in [2.24, 2.45) is 0 Å². The number of carbonyl (C=O) groups excluding carboxylic acids is 1. The third kappa shape index (κ3) is 2.80. The van der Waals surface area contributed by atoms with E-state index < -0.39 is 0 Å². The predicted molar refractivity (Wildman–Crippen MR) is 91.3 cm³/mol. The molecule has 1 aliphatic heterocycles. The Kier molecular flexibility index (Phi) is 4.01. The van der Waals surface area contributed by atoms with Gasteiger partial charge in [0.15, 0.2) is 5.82 Å². The standard InChI is InChI=1S/C18H20N4O3/c1-3-13-16(12-6-4-5-7-14(12)25-13)18(23)22-8-9-24-15(10-22)17-19-11(2)20-21-17/h4-7,15H,3,8-10H2,1-2H3,(H,19,20,21). The summed E-state index contributed by atoms with van der Waals surface area (Å²) in [4.78, 5) is 19.3. The van der Waals surface area contributed by atoms with Crippen LogP contribution in [0.2, 0.25) is 0 Å². The minimum absolute atomic E-state index is 0.0256.